The summed E-state index contributed by atoms with van der Waals surface area (Å²) in [6.07, 6.45) is 0. The molecule has 24 heavy (non-hydrogen) atoms. The van der Waals surface area contributed by atoms with Crippen LogP contribution in [0.5, 0.6) is 0 Å². The van der Waals surface area contributed by atoms with Gasteiger partial charge in [-0.3, -0.25) is 0 Å². The van der Waals surface area contributed by atoms with Crippen LogP contribution in [0.4, 0.5) is 4.39 Å². The highest BCUT2D eigenvalue weighted by Crippen LogP contribution is 2.55. The highest BCUT2D eigenvalue weighted by atomic mass is 35.5. The van der Waals surface area contributed by atoms with Gasteiger partial charge in [-0.15, -0.1) is 0 Å². The SMILES string of the molecule is COC[C@]1(N)[C@@H](c2cccc(F)c2)[C@@H]1S(=O)(=O)c1ccc(Cl)cc1. The Hall–Kier alpha value is -1.47. The Balaban J connectivity index is 2.03. The average molecular weight is 370 g/mol. The summed E-state index contributed by atoms with van der Waals surface area (Å²) in [6, 6.07) is 11.8. The zero-order chi connectivity index (χ0) is 17.5. The molecule has 0 saturated heterocycles. The minimum Gasteiger partial charge on any atom is -0.383 e. The van der Waals surface area contributed by atoms with Crippen LogP contribution in [0.1, 0.15) is 11.5 Å². The maximum absolute atomic E-state index is 13.5. The van der Waals surface area contributed by atoms with Crippen molar-refractivity contribution in [3.8, 4) is 0 Å². The minimum absolute atomic E-state index is 0.0612. The predicted molar refractivity (Wildman–Crippen MR) is 90.4 cm³/mol. The number of hydrogen-bond donors (Lipinski definition) is 1. The number of methoxy groups -OCH3 is 1. The molecule has 0 unspecified atom stereocenters. The molecule has 0 aromatic heterocycles. The van der Waals surface area contributed by atoms with Crippen molar-refractivity contribution < 1.29 is 17.5 Å². The summed E-state index contributed by atoms with van der Waals surface area (Å²) in [4.78, 5) is 0.140. The molecule has 3 atom stereocenters. The fraction of sp³-hybridized carbons (Fsp3) is 0.294. The lowest BCUT2D eigenvalue weighted by Gasteiger charge is -2.11. The number of halogens is 2. The van der Waals surface area contributed by atoms with E-state index >= 15 is 0 Å². The number of nitrogens with two attached hydrogens (primary N) is 1. The fourth-order valence-electron chi connectivity index (χ4n) is 3.27. The second-order valence-electron chi connectivity index (χ2n) is 6.00. The molecule has 1 fully saturated rings. The molecule has 128 valence electrons. The van der Waals surface area contributed by atoms with Gasteiger partial charge in [0.1, 0.15) is 5.82 Å². The standard InChI is InChI=1S/C17H17ClFNO3S/c1-23-10-17(20)15(11-3-2-4-13(19)9-11)16(17)24(21,22)14-7-5-12(18)6-8-14/h2-9,15-16H,10,20H2,1H3/t15-,16-,17-/m0/s1. The molecule has 7 heteroatoms. The van der Waals surface area contributed by atoms with E-state index in [4.69, 9.17) is 22.1 Å². The summed E-state index contributed by atoms with van der Waals surface area (Å²) in [5.41, 5.74) is 5.79. The lowest BCUT2D eigenvalue weighted by molar-refractivity contribution is 0.171. The predicted octanol–water partition coefficient (Wildman–Crippen LogP) is 2.76. The van der Waals surface area contributed by atoms with Gasteiger partial charge in [0.15, 0.2) is 9.84 Å². The molecule has 1 aliphatic carbocycles. The summed E-state index contributed by atoms with van der Waals surface area (Å²) < 4.78 is 44.7. The number of sulfone groups is 1. The summed E-state index contributed by atoms with van der Waals surface area (Å²) in [6.45, 7) is 0.0612. The van der Waals surface area contributed by atoms with E-state index in [2.05, 4.69) is 0 Å². The van der Waals surface area contributed by atoms with Crippen LogP contribution >= 0.6 is 11.6 Å². The highest BCUT2D eigenvalue weighted by Gasteiger charge is 2.69. The van der Waals surface area contributed by atoms with Gasteiger partial charge in [0.2, 0.25) is 0 Å². The Morgan fingerprint density at radius 1 is 1.25 bits per heavy atom. The topological polar surface area (TPSA) is 69.4 Å². The van der Waals surface area contributed by atoms with Crippen LogP contribution < -0.4 is 5.73 Å². The van der Waals surface area contributed by atoms with E-state index in [9.17, 15) is 12.8 Å². The zero-order valence-corrected chi connectivity index (χ0v) is 14.5. The van der Waals surface area contributed by atoms with Crippen molar-refractivity contribution >= 4 is 21.4 Å². The van der Waals surface area contributed by atoms with Crippen molar-refractivity contribution in [1.29, 1.82) is 0 Å². The molecule has 0 radical (unpaired) electrons. The van der Waals surface area contributed by atoms with Gasteiger partial charge >= 0.3 is 0 Å². The van der Waals surface area contributed by atoms with Crippen LogP contribution in [0.2, 0.25) is 5.02 Å². The molecule has 3 rings (SSSR count). The average Bonchev–Trinajstić information content (AvgIpc) is 3.14. The third-order valence-corrected chi connectivity index (χ3v) is 6.94. The molecule has 1 saturated carbocycles. The van der Waals surface area contributed by atoms with Crippen molar-refractivity contribution in [2.75, 3.05) is 13.7 Å². The van der Waals surface area contributed by atoms with Crippen LogP contribution in [0.25, 0.3) is 0 Å². The van der Waals surface area contributed by atoms with Crippen LogP contribution in [0, 0.1) is 5.82 Å². The van der Waals surface area contributed by atoms with E-state index in [1.165, 1.54) is 43.5 Å². The van der Waals surface area contributed by atoms with Gasteiger partial charge in [-0.05, 0) is 42.0 Å². The fourth-order valence-corrected chi connectivity index (χ4v) is 5.69. The molecular formula is C17H17ClFNO3S. The van der Waals surface area contributed by atoms with E-state index in [1.54, 1.807) is 12.1 Å². The van der Waals surface area contributed by atoms with E-state index in [1.807, 2.05) is 0 Å². The van der Waals surface area contributed by atoms with E-state index in [-0.39, 0.29) is 11.5 Å². The van der Waals surface area contributed by atoms with E-state index in [0.717, 1.165) is 0 Å². The number of benzene rings is 2. The Kier molecular flexibility index (Phi) is 4.42. The molecule has 0 spiro atoms. The molecule has 0 bridgehead atoms. The molecule has 2 N–H and O–H groups in total. The molecule has 0 aliphatic heterocycles. The molecule has 2 aromatic carbocycles. The molecule has 2 aromatic rings. The maximum atomic E-state index is 13.5. The molecule has 0 amide bonds. The van der Waals surface area contributed by atoms with Crippen molar-refractivity contribution in [2.45, 2.75) is 21.6 Å². The van der Waals surface area contributed by atoms with Gasteiger partial charge in [-0.1, -0.05) is 23.7 Å². The first-order valence-corrected chi connectivity index (χ1v) is 9.26. The van der Waals surface area contributed by atoms with Crippen molar-refractivity contribution in [1.82, 2.24) is 0 Å². The number of hydrogen-bond acceptors (Lipinski definition) is 4. The third-order valence-electron chi connectivity index (χ3n) is 4.38. The van der Waals surface area contributed by atoms with Crippen molar-refractivity contribution in [3.05, 3.63) is 64.9 Å². The summed E-state index contributed by atoms with van der Waals surface area (Å²) in [5.74, 6) is -0.962. The minimum atomic E-state index is -3.71. The van der Waals surface area contributed by atoms with Gasteiger partial charge in [0.05, 0.1) is 22.3 Å². The molecular weight excluding hydrogens is 353 g/mol. The normalized spacial score (nSPS) is 26.3. The van der Waals surface area contributed by atoms with Gasteiger partial charge in [-0.25, -0.2) is 12.8 Å². The van der Waals surface area contributed by atoms with Crippen molar-refractivity contribution in [3.63, 3.8) is 0 Å². The molecule has 4 nitrogen and oxygen atoms in total. The van der Waals surface area contributed by atoms with Gasteiger partial charge in [-0.2, -0.15) is 0 Å². The quantitative estimate of drug-likeness (QED) is 0.879. The lowest BCUT2D eigenvalue weighted by Crippen LogP contribution is -2.35. The first-order valence-electron chi connectivity index (χ1n) is 7.33. The third kappa shape index (κ3) is 2.84. The monoisotopic (exact) mass is 369 g/mol. The maximum Gasteiger partial charge on any atom is 0.183 e. The highest BCUT2D eigenvalue weighted by molar-refractivity contribution is 7.92. The van der Waals surface area contributed by atoms with Crippen LogP contribution in [-0.4, -0.2) is 32.9 Å². The Labute approximate surface area is 145 Å². The Morgan fingerprint density at radius 2 is 1.92 bits per heavy atom. The van der Waals surface area contributed by atoms with Crippen LogP contribution in [-0.2, 0) is 14.6 Å². The Morgan fingerprint density at radius 3 is 2.50 bits per heavy atom. The second-order valence-corrected chi connectivity index (χ2v) is 8.50. The second kappa shape index (κ2) is 6.11. The summed E-state index contributed by atoms with van der Waals surface area (Å²) in [7, 11) is -2.25. The van der Waals surface area contributed by atoms with Crippen molar-refractivity contribution in [2.24, 2.45) is 5.73 Å². The Bertz CT molecular complexity index is 856. The summed E-state index contributed by atoms with van der Waals surface area (Å²) >= 11 is 5.82. The number of ether oxygens (including phenoxy) is 1. The van der Waals surface area contributed by atoms with E-state index in [0.29, 0.717) is 10.6 Å². The molecule has 1 aliphatic rings. The van der Waals surface area contributed by atoms with Crippen LogP contribution in [0.3, 0.4) is 0 Å². The first kappa shape index (κ1) is 17.4. The van der Waals surface area contributed by atoms with Crippen LogP contribution in [0.15, 0.2) is 53.4 Å². The number of rotatable bonds is 5. The van der Waals surface area contributed by atoms with Gasteiger partial charge in [0.25, 0.3) is 0 Å². The largest absolute Gasteiger partial charge is 0.383 e. The smallest absolute Gasteiger partial charge is 0.183 e. The lowest BCUT2D eigenvalue weighted by atomic mass is 10.1. The van der Waals surface area contributed by atoms with Gasteiger partial charge < -0.3 is 10.5 Å². The first-order chi connectivity index (χ1) is 11.3. The van der Waals surface area contributed by atoms with Gasteiger partial charge in [0, 0.05) is 18.1 Å². The summed E-state index contributed by atoms with van der Waals surface area (Å²) in [5, 5.41) is -0.435. The van der Waals surface area contributed by atoms with E-state index < -0.39 is 32.4 Å². The zero-order valence-electron chi connectivity index (χ0n) is 12.9. The molecule has 0 heterocycles.